The Hall–Kier alpha value is -1.03. The first-order valence-corrected chi connectivity index (χ1v) is 5.08. The SMILES string of the molecule is CN1CCC(Oc2cnn(C)c2)CC1. The molecule has 0 spiro atoms. The van der Waals surface area contributed by atoms with Crippen molar-refractivity contribution in [1.82, 2.24) is 14.7 Å². The van der Waals surface area contributed by atoms with Gasteiger partial charge in [-0.25, -0.2) is 0 Å². The molecule has 78 valence electrons. The van der Waals surface area contributed by atoms with Gasteiger partial charge < -0.3 is 9.64 Å². The van der Waals surface area contributed by atoms with E-state index in [0.717, 1.165) is 31.7 Å². The minimum absolute atomic E-state index is 0.371. The summed E-state index contributed by atoms with van der Waals surface area (Å²) in [5.74, 6) is 0.891. The van der Waals surface area contributed by atoms with E-state index in [1.54, 1.807) is 10.9 Å². The number of ether oxygens (including phenoxy) is 1. The van der Waals surface area contributed by atoms with E-state index in [2.05, 4.69) is 17.0 Å². The van der Waals surface area contributed by atoms with Gasteiger partial charge in [0.2, 0.25) is 0 Å². The fraction of sp³-hybridized carbons (Fsp3) is 0.700. The number of aromatic nitrogens is 2. The van der Waals surface area contributed by atoms with Crippen molar-refractivity contribution in [2.75, 3.05) is 20.1 Å². The molecule has 0 aromatic carbocycles. The number of hydrogen-bond donors (Lipinski definition) is 0. The Kier molecular flexibility index (Phi) is 2.72. The highest BCUT2D eigenvalue weighted by Crippen LogP contribution is 2.17. The zero-order valence-corrected chi connectivity index (χ0v) is 8.81. The summed E-state index contributed by atoms with van der Waals surface area (Å²) in [6.45, 7) is 2.26. The lowest BCUT2D eigenvalue weighted by Crippen LogP contribution is -2.35. The van der Waals surface area contributed by atoms with Crippen LogP contribution in [0.4, 0.5) is 0 Å². The van der Waals surface area contributed by atoms with Crippen LogP contribution in [0.2, 0.25) is 0 Å². The van der Waals surface area contributed by atoms with Crippen molar-refractivity contribution in [3.63, 3.8) is 0 Å². The molecule has 1 aromatic rings. The van der Waals surface area contributed by atoms with Crippen molar-refractivity contribution in [2.45, 2.75) is 18.9 Å². The van der Waals surface area contributed by atoms with Crippen molar-refractivity contribution in [2.24, 2.45) is 7.05 Å². The molecular formula is C10H17N3O. The molecule has 2 heterocycles. The van der Waals surface area contributed by atoms with Gasteiger partial charge in [-0.15, -0.1) is 0 Å². The van der Waals surface area contributed by atoms with Gasteiger partial charge in [-0.1, -0.05) is 0 Å². The third-order valence-electron chi connectivity index (χ3n) is 2.65. The molecule has 0 saturated carbocycles. The summed E-state index contributed by atoms with van der Waals surface area (Å²) in [7, 11) is 4.06. The van der Waals surface area contributed by atoms with E-state index in [0.29, 0.717) is 6.10 Å². The molecule has 0 amide bonds. The first-order valence-electron chi connectivity index (χ1n) is 5.08. The van der Waals surface area contributed by atoms with Gasteiger partial charge in [0.25, 0.3) is 0 Å². The second kappa shape index (κ2) is 4.00. The van der Waals surface area contributed by atoms with Crippen molar-refractivity contribution in [3.8, 4) is 5.75 Å². The smallest absolute Gasteiger partial charge is 0.157 e. The normalized spacial score (nSPS) is 19.9. The van der Waals surface area contributed by atoms with E-state index in [4.69, 9.17) is 4.74 Å². The Morgan fingerprint density at radius 3 is 2.64 bits per heavy atom. The molecule has 1 aliphatic rings. The fourth-order valence-corrected chi connectivity index (χ4v) is 1.75. The van der Waals surface area contributed by atoms with Crippen LogP contribution in [-0.4, -0.2) is 40.9 Å². The molecule has 4 heteroatoms. The van der Waals surface area contributed by atoms with Crippen LogP contribution in [0.5, 0.6) is 5.75 Å². The molecule has 0 radical (unpaired) electrons. The average molecular weight is 195 g/mol. The molecule has 2 rings (SSSR count). The van der Waals surface area contributed by atoms with E-state index < -0.39 is 0 Å². The van der Waals surface area contributed by atoms with Crippen LogP contribution in [-0.2, 0) is 7.05 Å². The molecule has 4 nitrogen and oxygen atoms in total. The maximum Gasteiger partial charge on any atom is 0.157 e. The molecular weight excluding hydrogens is 178 g/mol. The van der Waals surface area contributed by atoms with Gasteiger partial charge in [-0.05, 0) is 19.9 Å². The predicted octanol–water partition coefficient (Wildman–Crippen LogP) is 0.893. The number of likely N-dealkylation sites (tertiary alicyclic amines) is 1. The summed E-state index contributed by atoms with van der Waals surface area (Å²) in [5, 5.41) is 4.08. The largest absolute Gasteiger partial charge is 0.487 e. The summed E-state index contributed by atoms with van der Waals surface area (Å²) in [4.78, 5) is 2.34. The average Bonchev–Trinajstić information content (AvgIpc) is 2.56. The highest BCUT2D eigenvalue weighted by Gasteiger charge is 2.18. The van der Waals surface area contributed by atoms with Crippen molar-refractivity contribution in [3.05, 3.63) is 12.4 Å². The van der Waals surface area contributed by atoms with E-state index in [-0.39, 0.29) is 0 Å². The summed E-state index contributed by atoms with van der Waals surface area (Å²) in [5.41, 5.74) is 0. The summed E-state index contributed by atoms with van der Waals surface area (Å²) < 4.78 is 7.58. The molecule has 0 aliphatic carbocycles. The minimum atomic E-state index is 0.371. The van der Waals surface area contributed by atoms with Crippen LogP contribution in [0.1, 0.15) is 12.8 Å². The maximum absolute atomic E-state index is 5.81. The number of rotatable bonds is 2. The maximum atomic E-state index is 5.81. The first kappa shape index (κ1) is 9.52. The molecule has 0 unspecified atom stereocenters. The lowest BCUT2D eigenvalue weighted by Gasteiger charge is -2.28. The minimum Gasteiger partial charge on any atom is -0.487 e. The zero-order valence-electron chi connectivity index (χ0n) is 8.81. The van der Waals surface area contributed by atoms with Gasteiger partial charge in [0.15, 0.2) is 5.75 Å². The van der Waals surface area contributed by atoms with Crippen LogP contribution in [0.3, 0.4) is 0 Å². The van der Waals surface area contributed by atoms with E-state index in [1.165, 1.54) is 0 Å². The number of hydrogen-bond acceptors (Lipinski definition) is 3. The third-order valence-corrected chi connectivity index (χ3v) is 2.65. The summed E-state index contributed by atoms with van der Waals surface area (Å²) >= 11 is 0. The molecule has 0 atom stereocenters. The van der Waals surface area contributed by atoms with Gasteiger partial charge in [0.05, 0.1) is 12.4 Å². The molecule has 1 fully saturated rings. The molecule has 1 aromatic heterocycles. The van der Waals surface area contributed by atoms with Gasteiger partial charge in [0, 0.05) is 20.1 Å². The Balaban J connectivity index is 1.86. The topological polar surface area (TPSA) is 30.3 Å². The van der Waals surface area contributed by atoms with Crippen molar-refractivity contribution < 1.29 is 4.74 Å². The van der Waals surface area contributed by atoms with Crippen LogP contribution in [0, 0.1) is 0 Å². The number of nitrogens with zero attached hydrogens (tertiary/aromatic N) is 3. The number of piperidine rings is 1. The van der Waals surface area contributed by atoms with Crippen molar-refractivity contribution in [1.29, 1.82) is 0 Å². The molecule has 1 aliphatic heterocycles. The summed E-state index contributed by atoms with van der Waals surface area (Å²) in [6.07, 6.45) is 6.29. The Labute approximate surface area is 84.5 Å². The quantitative estimate of drug-likeness (QED) is 0.702. The molecule has 1 saturated heterocycles. The second-order valence-corrected chi connectivity index (χ2v) is 3.97. The van der Waals surface area contributed by atoms with E-state index >= 15 is 0 Å². The zero-order chi connectivity index (χ0) is 9.97. The van der Waals surface area contributed by atoms with Crippen LogP contribution in [0.25, 0.3) is 0 Å². The Morgan fingerprint density at radius 2 is 2.07 bits per heavy atom. The lowest BCUT2D eigenvalue weighted by atomic mass is 10.1. The van der Waals surface area contributed by atoms with E-state index in [9.17, 15) is 0 Å². The van der Waals surface area contributed by atoms with Crippen LogP contribution >= 0.6 is 0 Å². The van der Waals surface area contributed by atoms with Crippen LogP contribution in [0.15, 0.2) is 12.4 Å². The van der Waals surface area contributed by atoms with Crippen molar-refractivity contribution >= 4 is 0 Å². The third kappa shape index (κ3) is 2.26. The second-order valence-electron chi connectivity index (χ2n) is 3.97. The van der Waals surface area contributed by atoms with Gasteiger partial charge >= 0.3 is 0 Å². The predicted molar refractivity (Wildman–Crippen MR) is 54.4 cm³/mol. The lowest BCUT2D eigenvalue weighted by molar-refractivity contribution is 0.114. The van der Waals surface area contributed by atoms with Gasteiger partial charge in [0.1, 0.15) is 6.10 Å². The van der Waals surface area contributed by atoms with Crippen LogP contribution < -0.4 is 4.74 Å². The molecule has 14 heavy (non-hydrogen) atoms. The highest BCUT2D eigenvalue weighted by atomic mass is 16.5. The van der Waals surface area contributed by atoms with E-state index in [1.807, 2.05) is 13.2 Å². The molecule has 0 N–H and O–H groups in total. The Morgan fingerprint density at radius 1 is 1.36 bits per heavy atom. The van der Waals surface area contributed by atoms with Gasteiger partial charge in [-0.3, -0.25) is 4.68 Å². The standard InChI is InChI=1S/C10H17N3O/c1-12-5-3-9(4-6-12)14-10-7-11-13(2)8-10/h7-9H,3-6H2,1-2H3. The first-order chi connectivity index (χ1) is 6.74. The number of aryl methyl sites for hydroxylation is 1. The monoisotopic (exact) mass is 195 g/mol. The fourth-order valence-electron chi connectivity index (χ4n) is 1.75. The van der Waals surface area contributed by atoms with Gasteiger partial charge in [-0.2, -0.15) is 5.10 Å². The summed E-state index contributed by atoms with van der Waals surface area (Å²) in [6, 6.07) is 0. The molecule has 0 bridgehead atoms. The highest BCUT2D eigenvalue weighted by molar-refractivity contribution is 5.12. The Bertz CT molecular complexity index is 289.